The molecular weight excluding hydrogens is 288 g/mol. The van der Waals surface area contributed by atoms with Gasteiger partial charge in [-0.3, -0.25) is 4.79 Å². The predicted molar refractivity (Wildman–Crippen MR) is 93.2 cm³/mol. The van der Waals surface area contributed by atoms with Crippen LogP contribution in [0.25, 0.3) is 0 Å². The average molecular weight is 312 g/mol. The van der Waals surface area contributed by atoms with Crippen LogP contribution in [0.1, 0.15) is 25.0 Å². The molecule has 0 bridgehead atoms. The average Bonchev–Trinajstić information content (AvgIpc) is 2.54. The van der Waals surface area contributed by atoms with Gasteiger partial charge in [0.2, 0.25) is 5.91 Å². The molecule has 4 heteroatoms. The van der Waals surface area contributed by atoms with Gasteiger partial charge in [0.05, 0.1) is 6.10 Å². The summed E-state index contributed by atoms with van der Waals surface area (Å²) in [5.41, 5.74) is 3.03. The highest BCUT2D eigenvalue weighted by molar-refractivity contribution is 5.88. The van der Waals surface area contributed by atoms with Crippen molar-refractivity contribution in [1.82, 2.24) is 5.32 Å². The number of amides is 1. The summed E-state index contributed by atoms with van der Waals surface area (Å²) in [7, 11) is 0. The van der Waals surface area contributed by atoms with Crippen molar-refractivity contribution in [3.05, 3.63) is 65.7 Å². The van der Waals surface area contributed by atoms with E-state index in [0.29, 0.717) is 13.0 Å². The molecule has 0 heterocycles. The van der Waals surface area contributed by atoms with Crippen molar-refractivity contribution < 1.29 is 9.90 Å². The van der Waals surface area contributed by atoms with Gasteiger partial charge in [0.1, 0.15) is 0 Å². The Labute approximate surface area is 137 Å². The number of carbonyl (C=O) groups excluding carboxylic acids is 1. The normalized spacial score (nSPS) is 13.3. The molecule has 2 aromatic rings. The van der Waals surface area contributed by atoms with E-state index in [1.807, 2.05) is 61.5 Å². The van der Waals surface area contributed by atoms with Crippen LogP contribution in [0.15, 0.2) is 54.6 Å². The summed E-state index contributed by atoms with van der Waals surface area (Å²) in [5.74, 6) is -0.0754. The summed E-state index contributed by atoms with van der Waals surface area (Å²) >= 11 is 0. The maximum absolute atomic E-state index is 11.0. The number of aliphatic hydroxyl groups is 1. The van der Waals surface area contributed by atoms with Crippen LogP contribution in [0.2, 0.25) is 0 Å². The van der Waals surface area contributed by atoms with Crippen LogP contribution < -0.4 is 10.6 Å². The van der Waals surface area contributed by atoms with Crippen molar-refractivity contribution in [1.29, 1.82) is 0 Å². The summed E-state index contributed by atoms with van der Waals surface area (Å²) in [4.78, 5) is 11.0. The van der Waals surface area contributed by atoms with Gasteiger partial charge in [0.15, 0.2) is 0 Å². The van der Waals surface area contributed by atoms with Gasteiger partial charge >= 0.3 is 0 Å². The van der Waals surface area contributed by atoms with Crippen molar-refractivity contribution in [2.24, 2.45) is 0 Å². The summed E-state index contributed by atoms with van der Waals surface area (Å²) in [6.45, 7) is 4.15. The van der Waals surface area contributed by atoms with Crippen molar-refractivity contribution >= 4 is 11.6 Å². The molecule has 0 aliphatic carbocycles. The Hall–Kier alpha value is -2.17. The van der Waals surface area contributed by atoms with Gasteiger partial charge in [-0.15, -0.1) is 0 Å². The molecule has 0 saturated carbocycles. The lowest BCUT2D eigenvalue weighted by molar-refractivity contribution is -0.114. The van der Waals surface area contributed by atoms with Crippen LogP contribution in [0, 0.1) is 0 Å². The number of aliphatic hydroxyl groups excluding tert-OH is 1. The second-order valence-corrected chi connectivity index (χ2v) is 5.80. The van der Waals surface area contributed by atoms with Crippen molar-refractivity contribution in [2.45, 2.75) is 39.0 Å². The third kappa shape index (κ3) is 5.85. The number of rotatable bonds is 7. The van der Waals surface area contributed by atoms with Gasteiger partial charge in [0, 0.05) is 25.2 Å². The van der Waals surface area contributed by atoms with E-state index in [1.54, 1.807) is 0 Å². The second kappa shape index (κ2) is 8.46. The Morgan fingerprint density at radius 3 is 2.30 bits per heavy atom. The van der Waals surface area contributed by atoms with Crippen LogP contribution in [-0.2, 0) is 17.8 Å². The first-order valence-corrected chi connectivity index (χ1v) is 7.86. The fourth-order valence-corrected chi connectivity index (χ4v) is 2.36. The van der Waals surface area contributed by atoms with Crippen molar-refractivity contribution in [2.75, 3.05) is 5.32 Å². The molecule has 4 nitrogen and oxygen atoms in total. The smallest absolute Gasteiger partial charge is 0.221 e. The molecule has 0 aromatic heterocycles. The van der Waals surface area contributed by atoms with E-state index in [9.17, 15) is 9.90 Å². The van der Waals surface area contributed by atoms with Crippen LogP contribution in [0.5, 0.6) is 0 Å². The molecule has 2 atom stereocenters. The zero-order chi connectivity index (χ0) is 16.7. The van der Waals surface area contributed by atoms with E-state index in [4.69, 9.17) is 0 Å². The van der Waals surface area contributed by atoms with Crippen molar-refractivity contribution in [3.8, 4) is 0 Å². The number of carbonyl (C=O) groups is 1. The van der Waals surface area contributed by atoms with Gasteiger partial charge in [-0.1, -0.05) is 42.5 Å². The molecule has 2 unspecified atom stereocenters. The lowest BCUT2D eigenvalue weighted by Gasteiger charge is -2.20. The van der Waals surface area contributed by atoms with Gasteiger partial charge in [-0.25, -0.2) is 0 Å². The van der Waals surface area contributed by atoms with Crippen LogP contribution in [-0.4, -0.2) is 23.2 Å². The molecule has 2 rings (SSSR count). The molecule has 0 aliphatic heterocycles. The number of hydrogen-bond acceptors (Lipinski definition) is 3. The van der Waals surface area contributed by atoms with E-state index < -0.39 is 6.10 Å². The monoisotopic (exact) mass is 312 g/mol. The summed E-state index contributed by atoms with van der Waals surface area (Å²) < 4.78 is 0. The Kier molecular flexibility index (Phi) is 6.32. The fourth-order valence-electron chi connectivity index (χ4n) is 2.36. The number of hydrogen-bond donors (Lipinski definition) is 3. The molecule has 1 amide bonds. The van der Waals surface area contributed by atoms with Gasteiger partial charge in [-0.2, -0.15) is 0 Å². The minimum Gasteiger partial charge on any atom is -0.391 e. The number of nitrogens with one attached hydrogen (secondary N) is 2. The largest absolute Gasteiger partial charge is 0.391 e. The highest BCUT2D eigenvalue weighted by Gasteiger charge is 2.14. The first-order valence-electron chi connectivity index (χ1n) is 7.86. The minimum atomic E-state index is -0.434. The number of anilines is 1. The Morgan fingerprint density at radius 1 is 1.04 bits per heavy atom. The molecule has 0 saturated heterocycles. The topological polar surface area (TPSA) is 61.4 Å². The quantitative estimate of drug-likeness (QED) is 0.737. The van der Waals surface area contributed by atoms with Crippen LogP contribution in [0.3, 0.4) is 0 Å². The molecule has 0 aliphatic rings. The molecule has 2 aromatic carbocycles. The van der Waals surface area contributed by atoms with Gasteiger partial charge in [-0.05, 0) is 36.6 Å². The summed E-state index contributed by atoms with van der Waals surface area (Å²) in [5, 5.41) is 16.4. The lowest BCUT2D eigenvalue weighted by Crippen LogP contribution is -2.38. The molecule has 122 valence electrons. The van der Waals surface area contributed by atoms with Crippen LogP contribution >= 0.6 is 0 Å². The molecule has 0 spiro atoms. The second-order valence-electron chi connectivity index (χ2n) is 5.80. The lowest BCUT2D eigenvalue weighted by atomic mass is 10.0. The van der Waals surface area contributed by atoms with E-state index in [0.717, 1.165) is 16.8 Å². The fraction of sp³-hybridized carbons (Fsp3) is 0.316. The maximum Gasteiger partial charge on any atom is 0.221 e. The molecule has 0 radical (unpaired) electrons. The Balaban J connectivity index is 1.81. The molecule has 3 N–H and O–H groups in total. The standard InChI is InChI=1S/C19H24N2O2/c1-14(19(23)12-16-6-4-3-5-7-16)20-13-17-8-10-18(11-9-17)21-15(2)22/h3-11,14,19-20,23H,12-13H2,1-2H3,(H,21,22). The molecular formula is C19H24N2O2. The third-order valence-electron chi connectivity index (χ3n) is 3.77. The summed E-state index contributed by atoms with van der Waals surface area (Å²) in [6, 6.07) is 17.7. The first-order chi connectivity index (χ1) is 11.0. The number of benzene rings is 2. The Bertz CT molecular complexity index is 611. The van der Waals surface area contributed by atoms with E-state index >= 15 is 0 Å². The first kappa shape index (κ1) is 17.2. The predicted octanol–water partition coefficient (Wildman–Crippen LogP) is 2.73. The van der Waals surface area contributed by atoms with E-state index in [-0.39, 0.29) is 11.9 Å². The maximum atomic E-state index is 11.0. The van der Waals surface area contributed by atoms with Gasteiger partial charge in [0.25, 0.3) is 0 Å². The molecule has 23 heavy (non-hydrogen) atoms. The summed E-state index contributed by atoms with van der Waals surface area (Å²) in [6.07, 6.45) is 0.201. The van der Waals surface area contributed by atoms with E-state index in [2.05, 4.69) is 10.6 Å². The SMILES string of the molecule is CC(=O)Nc1ccc(CNC(C)C(O)Cc2ccccc2)cc1. The third-order valence-corrected chi connectivity index (χ3v) is 3.77. The van der Waals surface area contributed by atoms with E-state index in [1.165, 1.54) is 6.92 Å². The molecule has 0 fully saturated rings. The highest BCUT2D eigenvalue weighted by atomic mass is 16.3. The Morgan fingerprint density at radius 2 is 1.70 bits per heavy atom. The zero-order valence-electron chi connectivity index (χ0n) is 13.6. The minimum absolute atomic E-state index is 0.00905. The van der Waals surface area contributed by atoms with Crippen molar-refractivity contribution in [3.63, 3.8) is 0 Å². The zero-order valence-corrected chi connectivity index (χ0v) is 13.6. The van der Waals surface area contributed by atoms with Gasteiger partial charge < -0.3 is 15.7 Å². The highest BCUT2D eigenvalue weighted by Crippen LogP contribution is 2.10. The van der Waals surface area contributed by atoms with Crippen LogP contribution in [0.4, 0.5) is 5.69 Å².